The first kappa shape index (κ1) is 7.28. The molecule has 11 heavy (non-hydrogen) atoms. The van der Waals surface area contributed by atoms with Crippen LogP contribution in [-0.2, 0) is 10.2 Å². The van der Waals surface area contributed by atoms with Crippen molar-refractivity contribution in [2.24, 2.45) is 11.8 Å². The highest BCUT2D eigenvalue weighted by Gasteiger charge is 2.43. The average molecular weight is 176 g/mol. The van der Waals surface area contributed by atoms with Gasteiger partial charge in [-0.1, -0.05) is 12.2 Å². The highest BCUT2D eigenvalue weighted by molar-refractivity contribution is 7.87. The first-order valence-electron chi connectivity index (χ1n) is 3.69. The third-order valence-corrected chi connectivity index (χ3v) is 3.84. The maximum absolute atomic E-state index is 12.5. The first-order valence-corrected chi connectivity index (χ1v) is 5.14. The van der Waals surface area contributed by atoms with E-state index in [1.54, 1.807) is 0 Å². The molecule has 0 aromatic carbocycles. The summed E-state index contributed by atoms with van der Waals surface area (Å²) in [6, 6.07) is 0. The Hall–Kier alpha value is -0.380. The van der Waals surface area contributed by atoms with Crippen molar-refractivity contribution in [3.05, 3.63) is 12.2 Å². The van der Waals surface area contributed by atoms with Crippen molar-refractivity contribution < 1.29 is 12.3 Å². The molecule has 2 aliphatic rings. The van der Waals surface area contributed by atoms with Gasteiger partial charge in [0.05, 0.1) is 5.25 Å². The monoisotopic (exact) mass is 176 g/mol. The molecule has 1 saturated carbocycles. The van der Waals surface area contributed by atoms with Gasteiger partial charge in [-0.15, -0.1) is 3.89 Å². The van der Waals surface area contributed by atoms with E-state index < -0.39 is 15.5 Å². The summed E-state index contributed by atoms with van der Waals surface area (Å²) in [5.41, 5.74) is 0. The highest BCUT2D eigenvalue weighted by Crippen LogP contribution is 2.42. The molecule has 4 heteroatoms. The van der Waals surface area contributed by atoms with Crippen molar-refractivity contribution in [2.45, 2.75) is 18.1 Å². The maximum Gasteiger partial charge on any atom is 0.305 e. The molecule has 2 bridgehead atoms. The summed E-state index contributed by atoms with van der Waals surface area (Å²) in [5, 5.41) is -0.738. The molecule has 62 valence electrons. The number of hydrogen-bond donors (Lipinski definition) is 0. The molecular weight excluding hydrogens is 167 g/mol. The number of allylic oxidation sites excluding steroid dienone is 2. The van der Waals surface area contributed by atoms with E-state index in [-0.39, 0.29) is 5.92 Å². The van der Waals surface area contributed by atoms with E-state index in [1.807, 2.05) is 12.2 Å². The van der Waals surface area contributed by atoms with E-state index in [0.717, 1.165) is 6.42 Å². The SMILES string of the molecule is O=S(=O)(F)[C@H]1C[C@H]2C=C[C@H]1C2. The average Bonchev–Trinajstić information content (AvgIpc) is 2.42. The van der Waals surface area contributed by atoms with Crippen LogP contribution in [-0.4, -0.2) is 13.7 Å². The third-order valence-electron chi connectivity index (χ3n) is 2.58. The van der Waals surface area contributed by atoms with Crippen LogP contribution in [0.4, 0.5) is 3.89 Å². The van der Waals surface area contributed by atoms with Gasteiger partial charge >= 0.3 is 10.2 Å². The predicted octanol–water partition coefficient (Wildman–Crippen LogP) is 1.25. The second-order valence-corrected chi connectivity index (χ2v) is 4.85. The van der Waals surface area contributed by atoms with Gasteiger partial charge in [-0.2, -0.15) is 8.42 Å². The van der Waals surface area contributed by atoms with Gasteiger partial charge in [0.1, 0.15) is 0 Å². The lowest BCUT2D eigenvalue weighted by atomic mass is 10.1. The zero-order valence-electron chi connectivity index (χ0n) is 5.90. The summed E-state index contributed by atoms with van der Waals surface area (Å²) >= 11 is 0. The van der Waals surface area contributed by atoms with E-state index in [2.05, 4.69) is 0 Å². The molecule has 0 aliphatic heterocycles. The smallest absolute Gasteiger partial charge is 0.195 e. The zero-order chi connectivity index (χ0) is 8.06. The maximum atomic E-state index is 12.5. The molecule has 2 rings (SSSR count). The van der Waals surface area contributed by atoms with Gasteiger partial charge in [0.15, 0.2) is 0 Å². The fourth-order valence-electron chi connectivity index (χ4n) is 2.05. The minimum atomic E-state index is -4.28. The summed E-state index contributed by atoms with van der Waals surface area (Å²) in [6.07, 6.45) is 5.14. The van der Waals surface area contributed by atoms with E-state index >= 15 is 0 Å². The Kier molecular flexibility index (Phi) is 1.36. The van der Waals surface area contributed by atoms with Crippen LogP contribution >= 0.6 is 0 Å². The van der Waals surface area contributed by atoms with E-state index in [4.69, 9.17) is 0 Å². The van der Waals surface area contributed by atoms with E-state index in [9.17, 15) is 12.3 Å². The van der Waals surface area contributed by atoms with Crippen LogP contribution in [0.2, 0.25) is 0 Å². The number of halogens is 1. The van der Waals surface area contributed by atoms with Crippen molar-refractivity contribution >= 4 is 10.2 Å². The lowest BCUT2D eigenvalue weighted by Gasteiger charge is -2.11. The lowest BCUT2D eigenvalue weighted by molar-refractivity contribution is 0.517. The molecule has 0 unspecified atom stereocenters. The third kappa shape index (κ3) is 1.09. The largest absolute Gasteiger partial charge is 0.305 e. The van der Waals surface area contributed by atoms with Crippen LogP contribution in [0.15, 0.2) is 12.2 Å². The minimum Gasteiger partial charge on any atom is -0.195 e. The van der Waals surface area contributed by atoms with Gasteiger partial charge in [0.25, 0.3) is 0 Å². The van der Waals surface area contributed by atoms with Crippen molar-refractivity contribution in [3.8, 4) is 0 Å². The molecule has 1 fully saturated rings. The summed E-state index contributed by atoms with van der Waals surface area (Å²) in [6.45, 7) is 0. The normalized spacial score (nSPS) is 41.7. The summed E-state index contributed by atoms with van der Waals surface area (Å²) in [4.78, 5) is 0. The molecule has 0 aromatic heterocycles. The summed E-state index contributed by atoms with van der Waals surface area (Å²) in [7, 11) is -4.28. The molecule has 2 aliphatic carbocycles. The Labute approximate surface area is 65.3 Å². The molecule has 0 heterocycles. The second-order valence-electron chi connectivity index (χ2n) is 3.29. The fourth-order valence-corrected chi connectivity index (χ4v) is 3.15. The Balaban J connectivity index is 2.28. The molecule has 0 N–H and O–H groups in total. The minimum absolute atomic E-state index is 0.0463. The van der Waals surface area contributed by atoms with Crippen LogP contribution in [0.5, 0.6) is 0 Å². The number of rotatable bonds is 1. The Morgan fingerprint density at radius 2 is 2.00 bits per heavy atom. The topological polar surface area (TPSA) is 34.1 Å². The molecule has 0 aromatic rings. The van der Waals surface area contributed by atoms with Gasteiger partial charge in [0.2, 0.25) is 0 Å². The summed E-state index contributed by atoms with van der Waals surface area (Å²) < 4.78 is 33.5. The fraction of sp³-hybridized carbons (Fsp3) is 0.714. The Morgan fingerprint density at radius 1 is 1.27 bits per heavy atom. The predicted molar refractivity (Wildman–Crippen MR) is 39.2 cm³/mol. The first-order chi connectivity index (χ1) is 5.07. The molecule has 2 nitrogen and oxygen atoms in total. The molecular formula is C7H9FO2S. The van der Waals surface area contributed by atoms with Gasteiger partial charge in [-0.25, -0.2) is 0 Å². The van der Waals surface area contributed by atoms with Gasteiger partial charge in [-0.05, 0) is 24.7 Å². The highest BCUT2D eigenvalue weighted by atomic mass is 32.3. The van der Waals surface area contributed by atoms with Gasteiger partial charge in [-0.3, -0.25) is 0 Å². The van der Waals surface area contributed by atoms with Gasteiger partial charge in [0, 0.05) is 0 Å². The van der Waals surface area contributed by atoms with Crippen molar-refractivity contribution in [3.63, 3.8) is 0 Å². The standard InChI is InChI=1S/C7H9FO2S/c8-11(9,10)7-4-5-1-2-6(7)3-5/h1-2,5-7H,3-4H2/t5-,6-,7-/m0/s1. The van der Waals surface area contributed by atoms with Gasteiger partial charge < -0.3 is 0 Å². The molecule has 0 radical (unpaired) electrons. The van der Waals surface area contributed by atoms with E-state index in [1.165, 1.54) is 0 Å². The molecule has 0 saturated heterocycles. The van der Waals surface area contributed by atoms with Crippen molar-refractivity contribution in [1.29, 1.82) is 0 Å². The van der Waals surface area contributed by atoms with Crippen LogP contribution in [0.1, 0.15) is 12.8 Å². The van der Waals surface area contributed by atoms with Crippen LogP contribution in [0.25, 0.3) is 0 Å². The van der Waals surface area contributed by atoms with Crippen LogP contribution in [0, 0.1) is 11.8 Å². The number of hydrogen-bond acceptors (Lipinski definition) is 2. The molecule has 0 amide bonds. The number of fused-ring (bicyclic) bond motifs is 2. The Bertz CT molecular complexity index is 294. The van der Waals surface area contributed by atoms with Crippen LogP contribution in [0.3, 0.4) is 0 Å². The lowest BCUT2D eigenvalue weighted by Crippen LogP contribution is -2.21. The zero-order valence-corrected chi connectivity index (χ0v) is 6.72. The van der Waals surface area contributed by atoms with E-state index in [0.29, 0.717) is 12.3 Å². The quantitative estimate of drug-likeness (QED) is 0.445. The molecule has 0 spiro atoms. The van der Waals surface area contributed by atoms with Crippen molar-refractivity contribution in [1.82, 2.24) is 0 Å². The summed E-state index contributed by atoms with van der Waals surface area (Å²) in [5.74, 6) is 0.269. The molecule has 3 atom stereocenters. The Morgan fingerprint density at radius 3 is 2.27 bits per heavy atom. The van der Waals surface area contributed by atoms with Crippen molar-refractivity contribution in [2.75, 3.05) is 0 Å². The van der Waals surface area contributed by atoms with Crippen LogP contribution < -0.4 is 0 Å². The second kappa shape index (κ2) is 2.06.